The molecule has 2 aromatic heterocycles. The third-order valence-electron chi connectivity index (χ3n) is 2.74. The van der Waals surface area contributed by atoms with Gasteiger partial charge in [-0.15, -0.1) is 0 Å². The Bertz CT molecular complexity index is 419. The molecule has 0 aliphatic rings. The van der Waals surface area contributed by atoms with E-state index in [0.717, 1.165) is 24.4 Å². The van der Waals surface area contributed by atoms with E-state index in [9.17, 15) is 0 Å². The van der Waals surface area contributed by atoms with Crippen molar-refractivity contribution in [3.05, 3.63) is 46.0 Å². The fourth-order valence-corrected chi connectivity index (χ4v) is 2.44. The Hall–Kier alpha value is -1.06. The lowest BCUT2D eigenvalue weighted by molar-refractivity contribution is 0.407. The summed E-state index contributed by atoms with van der Waals surface area (Å²) in [6.07, 6.45) is 1.94. The molecule has 0 aliphatic carbocycles. The number of hydrogen-bond donors (Lipinski definition) is 1. The van der Waals surface area contributed by atoms with Crippen LogP contribution in [-0.4, -0.2) is 7.05 Å². The minimum absolute atomic E-state index is 0.273. The molecule has 0 saturated heterocycles. The molecule has 0 aromatic carbocycles. The van der Waals surface area contributed by atoms with E-state index in [-0.39, 0.29) is 6.04 Å². The van der Waals surface area contributed by atoms with Crippen molar-refractivity contribution in [3.8, 4) is 0 Å². The van der Waals surface area contributed by atoms with Crippen molar-refractivity contribution in [2.24, 2.45) is 0 Å². The molecule has 0 bridgehead atoms. The van der Waals surface area contributed by atoms with Crippen LogP contribution < -0.4 is 5.32 Å². The summed E-state index contributed by atoms with van der Waals surface area (Å²) in [7, 11) is 1.98. The van der Waals surface area contributed by atoms with Gasteiger partial charge in [-0.3, -0.25) is 0 Å². The topological polar surface area (TPSA) is 25.2 Å². The van der Waals surface area contributed by atoms with Crippen LogP contribution in [-0.2, 0) is 12.8 Å². The zero-order valence-electron chi connectivity index (χ0n) is 9.69. The maximum absolute atomic E-state index is 5.78. The summed E-state index contributed by atoms with van der Waals surface area (Å²) in [5, 5.41) is 7.61. The Kier molecular flexibility index (Phi) is 3.80. The van der Waals surface area contributed by atoms with E-state index in [1.54, 1.807) is 11.3 Å². The van der Waals surface area contributed by atoms with Crippen molar-refractivity contribution in [3.63, 3.8) is 0 Å². The number of rotatable bonds is 5. The Morgan fingerprint density at radius 3 is 2.81 bits per heavy atom. The summed E-state index contributed by atoms with van der Waals surface area (Å²) >= 11 is 1.74. The summed E-state index contributed by atoms with van der Waals surface area (Å²) in [5.41, 5.74) is 1.36. The van der Waals surface area contributed by atoms with Gasteiger partial charge in [-0.25, -0.2) is 0 Å². The monoisotopic (exact) mass is 235 g/mol. The second-order valence-electron chi connectivity index (χ2n) is 3.83. The second-order valence-corrected chi connectivity index (χ2v) is 4.61. The Balaban J connectivity index is 2.10. The molecule has 0 fully saturated rings. The summed E-state index contributed by atoms with van der Waals surface area (Å²) in [4.78, 5) is 0. The van der Waals surface area contributed by atoms with Crippen LogP contribution in [0.3, 0.4) is 0 Å². The Labute approximate surface area is 100 Å². The highest BCUT2D eigenvalue weighted by atomic mass is 32.1. The number of furan rings is 1. The highest BCUT2D eigenvalue weighted by Gasteiger charge is 2.14. The standard InChI is InChI=1S/C13H17NOS/c1-3-11-4-5-13(15-11)12(14-2)8-10-6-7-16-9-10/h4-7,9,12,14H,3,8H2,1-2H3. The van der Waals surface area contributed by atoms with Crippen LogP contribution in [0.25, 0.3) is 0 Å². The van der Waals surface area contributed by atoms with E-state index in [1.807, 2.05) is 7.05 Å². The average Bonchev–Trinajstić information content (AvgIpc) is 2.96. The van der Waals surface area contributed by atoms with E-state index in [2.05, 4.69) is 41.2 Å². The third kappa shape index (κ3) is 2.54. The van der Waals surface area contributed by atoms with Gasteiger partial charge in [0.05, 0.1) is 6.04 Å². The summed E-state index contributed by atoms with van der Waals surface area (Å²) in [6.45, 7) is 2.11. The molecule has 2 aromatic rings. The van der Waals surface area contributed by atoms with Crippen LogP contribution in [0.2, 0.25) is 0 Å². The predicted octanol–water partition coefficient (Wildman–Crippen LogP) is 3.41. The first-order valence-corrected chi connectivity index (χ1v) is 6.54. The maximum atomic E-state index is 5.78. The van der Waals surface area contributed by atoms with Gasteiger partial charge in [0.25, 0.3) is 0 Å². The van der Waals surface area contributed by atoms with Crippen LogP contribution in [0.1, 0.15) is 30.0 Å². The molecule has 0 radical (unpaired) electrons. The van der Waals surface area contributed by atoms with Crippen LogP contribution in [0.15, 0.2) is 33.4 Å². The molecule has 0 spiro atoms. The largest absolute Gasteiger partial charge is 0.464 e. The highest BCUT2D eigenvalue weighted by Crippen LogP contribution is 2.21. The summed E-state index contributed by atoms with van der Waals surface area (Å²) in [6, 6.07) is 6.58. The lowest BCUT2D eigenvalue weighted by Crippen LogP contribution is -2.17. The molecule has 16 heavy (non-hydrogen) atoms. The number of likely N-dealkylation sites (N-methyl/N-ethyl adjacent to an activating group) is 1. The summed E-state index contributed by atoms with van der Waals surface area (Å²) < 4.78 is 5.78. The first-order valence-electron chi connectivity index (χ1n) is 5.60. The molecule has 2 nitrogen and oxygen atoms in total. The van der Waals surface area contributed by atoms with Gasteiger partial charge < -0.3 is 9.73 Å². The highest BCUT2D eigenvalue weighted by molar-refractivity contribution is 7.07. The van der Waals surface area contributed by atoms with Gasteiger partial charge in [-0.2, -0.15) is 11.3 Å². The van der Waals surface area contributed by atoms with Crippen LogP contribution in [0.5, 0.6) is 0 Å². The van der Waals surface area contributed by atoms with E-state index < -0.39 is 0 Å². The molecule has 2 heterocycles. The van der Waals surface area contributed by atoms with E-state index in [0.29, 0.717) is 0 Å². The molecule has 1 atom stereocenters. The quantitative estimate of drug-likeness (QED) is 0.859. The molecule has 1 N–H and O–H groups in total. The first kappa shape index (κ1) is 11.4. The van der Waals surface area contributed by atoms with Gasteiger partial charge in [0.1, 0.15) is 11.5 Å². The molecule has 86 valence electrons. The molecule has 0 saturated carbocycles. The fourth-order valence-electron chi connectivity index (χ4n) is 1.76. The van der Waals surface area contributed by atoms with Crippen molar-refractivity contribution in [2.45, 2.75) is 25.8 Å². The SMILES string of the molecule is CCc1ccc(C(Cc2ccsc2)NC)o1. The first-order chi connectivity index (χ1) is 7.83. The van der Waals surface area contributed by atoms with Crippen molar-refractivity contribution in [2.75, 3.05) is 7.05 Å². The van der Waals surface area contributed by atoms with E-state index in [1.165, 1.54) is 5.56 Å². The van der Waals surface area contributed by atoms with Crippen LogP contribution >= 0.6 is 11.3 Å². The lowest BCUT2D eigenvalue weighted by Gasteiger charge is -2.12. The van der Waals surface area contributed by atoms with Crippen LogP contribution in [0.4, 0.5) is 0 Å². The lowest BCUT2D eigenvalue weighted by atomic mass is 10.1. The van der Waals surface area contributed by atoms with Crippen molar-refractivity contribution in [1.82, 2.24) is 5.32 Å². The minimum Gasteiger partial charge on any atom is -0.464 e. The van der Waals surface area contributed by atoms with Gasteiger partial charge in [-0.05, 0) is 48.0 Å². The Morgan fingerprint density at radius 1 is 1.38 bits per heavy atom. The number of nitrogens with one attached hydrogen (secondary N) is 1. The zero-order valence-corrected chi connectivity index (χ0v) is 10.5. The molecule has 2 rings (SSSR count). The van der Waals surface area contributed by atoms with Gasteiger partial charge >= 0.3 is 0 Å². The zero-order chi connectivity index (χ0) is 11.4. The molecule has 0 amide bonds. The normalized spacial score (nSPS) is 12.9. The molecular weight excluding hydrogens is 218 g/mol. The smallest absolute Gasteiger partial charge is 0.121 e. The van der Waals surface area contributed by atoms with Gasteiger partial charge in [0.2, 0.25) is 0 Å². The molecule has 1 unspecified atom stereocenters. The van der Waals surface area contributed by atoms with E-state index >= 15 is 0 Å². The maximum Gasteiger partial charge on any atom is 0.121 e. The summed E-state index contributed by atoms with van der Waals surface area (Å²) in [5.74, 6) is 2.09. The second kappa shape index (κ2) is 5.32. The van der Waals surface area contributed by atoms with Crippen molar-refractivity contribution >= 4 is 11.3 Å². The van der Waals surface area contributed by atoms with Gasteiger partial charge in [0, 0.05) is 6.42 Å². The molecular formula is C13H17NOS. The number of hydrogen-bond acceptors (Lipinski definition) is 3. The van der Waals surface area contributed by atoms with Crippen molar-refractivity contribution in [1.29, 1.82) is 0 Å². The fraction of sp³-hybridized carbons (Fsp3) is 0.385. The number of thiophene rings is 1. The van der Waals surface area contributed by atoms with Crippen LogP contribution in [0, 0.1) is 0 Å². The number of aryl methyl sites for hydroxylation is 1. The van der Waals surface area contributed by atoms with E-state index in [4.69, 9.17) is 4.42 Å². The molecule has 0 aliphatic heterocycles. The average molecular weight is 235 g/mol. The van der Waals surface area contributed by atoms with Gasteiger partial charge in [0.15, 0.2) is 0 Å². The van der Waals surface area contributed by atoms with Gasteiger partial charge in [-0.1, -0.05) is 6.92 Å². The molecule has 3 heteroatoms. The van der Waals surface area contributed by atoms with Crippen molar-refractivity contribution < 1.29 is 4.42 Å². The predicted molar refractivity (Wildman–Crippen MR) is 67.9 cm³/mol. The minimum atomic E-state index is 0.273. The third-order valence-corrected chi connectivity index (χ3v) is 3.47. The Morgan fingerprint density at radius 2 is 2.25 bits per heavy atom.